The van der Waals surface area contributed by atoms with E-state index in [0.29, 0.717) is 28.2 Å². The molecule has 0 radical (unpaired) electrons. The molecule has 3 aromatic rings. The number of hydrogen-bond acceptors (Lipinski definition) is 5. The molecule has 5 rings (SSSR count). The molecule has 0 unspecified atom stereocenters. The summed E-state index contributed by atoms with van der Waals surface area (Å²) < 4.78 is 11.6. The number of carbonyl (C=O) groups is 2. The molecular formula is C23H19NO5. The zero-order chi connectivity index (χ0) is 20.3. The van der Waals surface area contributed by atoms with Gasteiger partial charge in [0.2, 0.25) is 0 Å². The molecule has 0 spiro atoms. The number of rotatable bonds is 1. The van der Waals surface area contributed by atoms with Crippen LogP contribution in [0.1, 0.15) is 54.1 Å². The SMILES string of the molecule is CC1(C)CC(=O)c2ccc3c(c2O1)[C@H](c1cc2ccccc2[nH]c1=O)CC(=O)O3. The predicted molar refractivity (Wildman–Crippen MR) is 107 cm³/mol. The first-order valence-corrected chi connectivity index (χ1v) is 9.54. The topological polar surface area (TPSA) is 85.5 Å². The van der Waals surface area contributed by atoms with Crippen LogP contribution in [-0.4, -0.2) is 22.3 Å². The number of para-hydroxylation sites is 1. The molecule has 0 bridgehead atoms. The first kappa shape index (κ1) is 17.7. The van der Waals surface area contributed by atoms with E-state index in [-0.39, 0.29) is 24.2 Å². The van der Waals surface area contributed by atoms with Crippen LogP contribution in [0.5, 0.6) is 11.5 Å². The van der Waals surface area contributed by atoms with Crippen LogP contribution < -0.4 is 15.0 Å². The molecule has 0 amide bonds. The summed E-state index contributed by atoms with van der Waals surface area (Å²) in [4.78, 5) is 40.8. The average Bonchev–Trinajstić information content (AvgIpc) is 2.65. The van der Waals surface area contributed by atoms with Gasteiger partial charge >= 0.3 is 5.97 Å². The maximum Gasteiger partial charge on any atom is 0.312 e. The van der Waals surface area contributed by atoms with Crippen molar-refractivity contribution in [3.63, 3.8) is 0 Å². The highest BCUT2D eigenvalue weighted by Gasteiger charge is 2.40. The van der Waals surface area contributed by atoms with Crippen LogP contribution in [0.25, 0.3) is 10.9 Å². The first-order valence-electron chi connectivity index (χ1n) is 9.54. The van der Waals surface area contributed by atoms with E-state index >= 15 is 0 Å². The highest BCUT2D eigenvalue weighted by Crippen LogP contribution is 2.48. The van der Waals surface area contributed by atoms with Gasteiger partial charge in [0.25, 0.3) is 5.56 Å². The van der Waals surface area contributed by atoms with Gasteiger partial charge in [-0.05, 0) is 43.5 Å². The number of aromatic nitrogens is 1. The lowest BCUT2D eigenvalue weighted by Crippen LogP contribution is -2.37. The van der Waals surface area contributed by atoms with Gasteiger partial charge in [-0.15, -0.1) is 0 Å². The van der Waals surface area contributed by atoms with E-state index in [1.54, 1.807) is 18.2 Å². The van der Waals surface area contributed by atoms with Crippen molar-refractivity contribution in [2.45, 2.75) is 38.2 Å². The minimum absolute atomic E-state index is 0.00283. The Bertz CT molecular complexity index is 1250. The third-order valence-electron chi connectivity index (χ3n) is 5.52. The number of ketones is 1. The number of hydrogen-bond donors (Lipinski definition) is 1. The van der Waals surface area contributed by atoms with Crippen molar-refractivity contribution < 1.29 is 19.1 Å². The first-order chi connectivity index (χ1) is 13.8. The van der Waals surface area contributed by atoms with Crippen LogP contribution in [0, 0.1) is 0 Å². The van der Waals surface area contributed by atoms with E-state index in [4.69, 9.17) is 9.47 Å². The van der Waals surface area contributed by atoms with E-state index in [1.807, 2.05) is 38.1 Å². The van der Waals surface area contributed by atoms with Gasteiger partial charge in [-0.2, -0.15) is 0 Å². The number of pyridine rings is 1. The van der Waals surface area contributed by atoms with Crippen LogP contribution in [0.3, 0.4) is 0 Å². The Balaban J connectivity index is 1.77. The number of carbonyl (C=O) groups excluding carboxylic acids is 2. The summed E-state index contributed by atoms with van der Waals surface area (Å²) in [5, 5.41) is 0.865. The van der Waals surface area contributed by atoms with Crippen LogP contribution in [0.4, 0.5) is 0 Å². The molecule has 146 valence electrons. The maximum absolute atomic E-state index is 12.9. The van der Waals surface area contributed by atoms with Gasteiger partial charge in [0.05, 0.1) is 18.4 Å². The third kappa shape index (κ3) is 2.83. The fourth-order valence-corrected chi connectivity index (χ4v) is 4.25. The summed E-state index contributed by atoms with van der Waals surface area (Å²) in [6.45, 7) is 3.69. The van der Waals surface area contributed by atoms with Gasteiger partial charge in [0.1, 0.15) is 17.1 Å². The number of Topliss-reactive ketones (excluding diaryl/α,β-unsaturated/α-hetero) is 1. The fraction of sp³-hybridized carbons (Fsp3) is 0.261. The average molecular weight is 389 g/mol. The van der Waals surface area contributed by atoms with Crippen LogP contribution >= 0.6 is 0 Å². The number of H-pyrrole nitrogens is 1. The number of fused-ring (bicyclic) bond motifs is 4. The Hall–Kier alpha value is -3.41. The van der Waals surface area contributed by atoms with Crippen molar-refractivity contribution >= 4 is 22.7 Å². The van der Waals surface area contributed by atoms with Crippen LogP contribution in [0.2, 0.25) is 0 Å². The molecule has 3 heterocycles. The Morgan fingerprint density at radius 2 is 1.86 bits per heavy atom. The Morgan fingerprint density at radius 3 is 2.69 bits per heavy atom. The largest absolute Gasteiger partial charge is 0.486 e. The monoisotopic (exact) mass is 389 g/mol. The molecule has 1 aromatic heterocycles. The van der Waals surface area contributed by atoms with E-state index in [9.17, 15) is 14.4 Å². The van der Waals surface area contributed by atoms with Crippen molar-refractivity contribution in [3.8, 4) is 11.5 Å². The van der Waals surface area contributed by atoms with Crippen molar-refractivity contribution in [1.29, 1.82) is 0 Å². The van der Waals surface area contributed by atoms with Crippen LogP contribution in [0.15, 0.2) is 47.3 Å². The summed E-state index contributed by atoms with van der Waals surface area (Å²) in [5.74, 6) is -0.258. The van der Waals surface area contributed by atoms with E-state index in [2.05, 4.69) is 4.98 Å². The summed E-state index contributed by atoms with van der Waals surface area (Å²) in [6, 6.07) is 12.5. The zero-order valence-electron chi connectivity index (χ0n) is 16.1. The molecule has 2 aromatic carbocycles. The predicted octanol–water partition coefficient (Wildman–Crippen LogP) is 3.71. The van der Waals surface area contributed by atoms with Gasteiger partial charge in [-0.3, -0.25) is 14.4 Å². The maximum atomic E-state index is 12.9. The Morgan fingerprint density at radius 1 is 1.07 bits per heavy atom. The van der Waals surface area contributed by atoms with Crippen molar-refractivity contribution in [1.82, 2.24) is 4.98 Å². The smallest absolute Gasteiger partial charge is 0.312 e. The second-order valence-electron chi connectivity index (χ2n) is 8.19. The lowest BCUT2D eigenvalue weighted by Gasteiger charge is -2.36. The number of esters is 1. The molecule has 0 aliphatic carbocycles. The molecule has 29 heavy (non-hydrogen) atoms. The second-order valence-corrected chi connectivity index (χ2v) is 8.19. The highest BCUT2D eigenvalue weighted by atomic mass is 16.5. The lowest BCUT2D eigenvalue weighted by atomic mass is 9.82. The van der Waals surface area contributed by atoms with E-state index in [0.717, 1.165) is 10.9 Å². The molecule has 2 aliphatic rings. The quantitative estimate of drug-likeness (QED) is 0.507. The Kier molecular flexibility index (Phi) is 3.68. The summed E-state index contributed by atoms with van der Waals surface area (Å²) >= 11 is 0. The van der Waals surface area contributed by atoms with Gasteiger partial charge in [-0.1, -0.05) is 18.2 Å². The summed E-state index contributed by atoms with van der Waals surface area (Å²) in [6.07, 6.45) is 0.267. The molecule has 0 fully saturated rings. The van der Waals surface area contributed by atoms with Crippen molar-refractivity contribution in [3.05, 3.63) is 69.5 Å². The number of nitrogens with one attached hydrogen (secondary N) is 1. The zero-order valence-corrected chi connectivity index (χ0v) is 16.1. The molecule has 1 atom stereocenters. The molecule has 6 heteroatoms. The van der Waals surface area contributed by atoms with Crippen LogP contribution in [-0.2, 0) is 4.79 Å². The molecule has 2 aliphatic heterocycles. The summed E-state index contributed by atoms with van der Waals surface area (Å²) in [7, 11) is 0. The lowest BCUT2D eigenvalue weighted by molar-refractivity contribution is -0.135. The highest BCUT2D eigenvalue weighted by molar-refractivity contribution is 6.01. The van der Waals surface area contributed by atoms with Gasteiger partial charge < -0.3 is 14.5 Å². The third-order valence-corrected chi connectivity index (χ3v) is 5.52. The van der Waals surface area contributed by atoms with E-state index in [1.165, 1.54) is 0 Å². The number of benzene rings is 2. The van der Waals surface area contributed by atoms with Gasteiger partial charge in [0, 0.05) is 22.6 Å². The molecule has 6 nitrogen and oxygen atoms in total. The van der Waals surface area contributed by atoms with Crippen molar-refractivity contribution in [2.24, 2.45) is 0 Å². The van der Waals surface area contributed by atoms with Gasteiger partial charge in [-0.25, -0.2) is 0 Å². The second kappa shape index (κ2) is 6.04. The molecule has 0 saturated carbocycles. The fourth-order valence-electron chi connectivity index (χ4n) is 4.25. The summed E-state index contributed by atoms with van der Waals surface area (Å²) in [5.41, 5.74) is 1.28. The van der Waals surface area contributed by atoms with E-state index < -0.39 is 17.5 Å². The van der Waals surface area contributed by atoms with Crippen molar-refractivity contribution in [2.75, 3.05) is 0 Å². The number of ether oxygens (including phenoxy) is 2. The standard InChI is InChI=1S/C23H19NO5/c1-23(2)11-17(25)13-7-8-18-20(21(13)29-23)14(10-19(26)28-18)15-9-12-5-3-4-6-16(12)24-22(15)27/h3-9,14H,10-11H2,1-2H3,(H,24,27)/t14-/m0/s1. The Labute approximate surface area is 166 Å². The normalized spacial score (nSPS) is 19.9. The minimum atomic E-state index is -0.680. The number of aromatic amines is 1. The molecule has 0 saturated heterocycles. The molecular weight excluding hydrogens is 370 g/mol. The van der Waals surface area contributed by atoms with Gasteiger partial charge in [0.15, 0.2) is 5.78 Å². The minimum Gasteiger partial charge on any atom is -0.486 e. The molecule has 1 N–H and O–H groups in total.